The van der Waals surface area contributed by atoms with Crippen LogP contribution in [0.5, 0.6) is 5.75 Å². The molecular formula is C23H22FN3O5. The van der Waals surface area contributed by atoms with Crippen molar-refractivity contribution in [1.29, 1.82) is 0 Å². The third kappa shape index (κ3) is 3.81. The highest BCUT2D eigenvalue weighted by Gasteiger charge is 2.55. The molecular weight excluding hydrogens is 417 g/mol. The second-order valence-electron chi connectivity index (χ2n) is 7.78. The zero-order chi connectivity index (χ0) is 22.9. The highest BCUT2D eigenvalue weighted by Crippen LogP contribution is 2.40. The Morgan fingerprint density at radius 3 is 2.75 bits per heavy atom. The first-order chi connectivity index (χ1) is 15.3. The van der Waals surface area contributed by atoms with Gasteiger partial charge in [0.25, 0.3) is 5.91 Å². The fourth-order valence-electron chi connectivity index (χ4n) is 4.05. The van der Waals surface area contributed by atoms with Crippen LogP contribution in [0.15, 0.2) is 42.5 Å². The number of para-hydroxylation sites is 1. The number of rotatable bonds is 6. The van der Waals surface area contributed by atoms with E-state index in [1.165, 1.54) is 19.1 Å². The van der Waals surface area contributed by atoms with Crippen molar-refractivity contribution < 1.29 is 28.3 Å². The number of benzene rings is 2. The standard InChI is InChI=1S/C23H22FN3O5/c1-14(28)25-10-8-15-6-7-16(12-18(15)24)19(29)13-27-21(30)23(26-22(27)31)9-11-32-20-5-3-2-4-17(20)23/h2-7,12H,8-11,13H2,1H3,(H,25,28)(H,26,31). The molecule has 0 bridgehead atoms. The Kier molecular flexibility index (Phi) is 5.65. The molecule has 2 aromatic rings. The van der Waals surface area contributed by atoms with E-state index in [4.69, 9.17) is 4.74 Å². The lowest BCUT2D eigenvalue weighted by molar-refractivity contribution is -0.132. The van der Waals surface area contributed by atoms with Crippen LogP contribution in [-0.2, 0) is 21.5 Å². The van der Waals surface area contributed by atoms with Gasteiger partial charge in [-0.15, -0.1) is 0 Å². The largest absolute Gasteiger partial charge is 0.493 e. The zero-order valence-electron chi connectivity index (χ0n) is 17.4. The summed E-state index contributed by atoms with van der Waals surface area (Å²) >= 11 is 0. The topological polar surface area (TPSA) is 105 Å². The molecule has 8 nitrogen and oxygen atoms in total. The normalized spacial score (nSPS) is 19.4. The van der Waals surface area contributed by atoms with E-state index in [-0.39, 0.29) is 37.5 Å². The van der Waals surface area contributed by atoms with Gasteiger partial charge in [0.2, 0.25) is 5.91 Å². The van der Waals surface area contributed by atoms with Crippen molar-refractivity contribution >= 4 is 23.6 Å². The maximum atomic E-state index is 14.4. The van der Waals surface area contributed by atoms with Crippen LogP contribution in [0.3, 0.4) is 0 Å². The Morgan fingerprint density at radius 2 is 2.00 bits per heavy atom. The number of hydrogen-bond donors (Lipinski definition) is 2. The molecule has 1 unspecified atom stereocenters. The quantitative estimate of drug-likeness (QED) is 0.529. The van der Waals surface area contributed by atoms with Gasteiger partial charge in [-0.3, -0.25) is 19.3 Å². The first kappa shape index (κ1) is 21.5. The molecule has 1 spiro atoms. The Bertz CT molecular complexity index is 1120. The molecule has 1 fully saturated rings. The number of Topliss-reactive ketones (excluding diaryl/α,β-unsaturated/α-hetero) is 1. The number of ether oxygens (including phenoxy) is 1. The van der Waals surface area contributed by atoms with Gasteiger partial charge in [0.15, 0.2) is 11.3 Å². The molecule has 4 amide bonds. The van der Waals surface area contributed by atoms with E-state index in [0.29, 0.717) is 16.9 Å². The Morgan fingerprint density at radius 1 is 1.22 bits per heavy atom. The summed E-state index contributed by atoms with van der Waals surface area (Å²) in [6.07, 6.45) is 0.522. The SMILES string of the molecule is CC(=O)NCCc1ccc(C(=O)CN2C(=O)NC3(CCOc4ccccc43)C2=O)cc1F. The van der Waals surface area contributed by atoms with E-state index in [0.717, 1.165) is 11.0 Å². The number of halogens is 1. The lowest BCUT2D eigenvalue weighted by Crippen LogP contribution is -2.47. The predicted octanol–water partition coefficient (Wildman–Crippen LogP) is 1.92. The van der Waals surface area contributed by atoms with Crippen molar-refractivity contribution in [3.05, 3.63) is 65.0 Å². The molecule has 0 saturated carbocycles. The summed E-state index contributed by atoms with van der Waals surface area (Å²) in [6.45, 7) is 1.39. The van der Waals surface area contributed by atoms with Gasteiger partial charge in [0.1, 0.15) is 11.6 Å². The van der Waals surface area contributed by atoms with E-state index in [1.807, 2.05) is 0 Å². The number of ketones is 1. The van der Waals surface area contributed by atoms with Crippen LogP contribution in [0.2, 0.25) is 0 Å². The number of fused-ring (bicyclic) bond motifs is 2. The van der Waals surface area contributed by atoms with Gasteiger partial charge in [0.05, 0.1) is 13.2 Å². The zero-order valence-corrected chi connectivity index (χ0v) is 17.4. The van der Waals surface area contributed by atoms with Gasteiger partial charge < -0.3 is 15.4 Å². The van der Waals surface area contributed by atoms with Crippen LogP contribution in [0, 0.1) is 5.82 Å². The summed E-state index contributed by atoms with van der Waals surface area (Å²) in [5.74, 6) is -1.38. The number of amides is 4. The molecule has 2 N–H and O–H groups in total. The summed E-state index contributed by atoms with van der Waals surface area (Å²) < 4.78 is 20.0. The minimum atomic E-state index is -1.27. The van der Waals surface area contributed by atoms with Crippen molar-refractivity contribution in [2.24, 2.45) is 0 Å². The van der Waals surface area contributed by atoms with E-state index in [1.54, 1.807) is 24.3 Å². The molecule has 1 saturated heterocycles. The fraction of sp³-hybridized carbons (Fsp3) is 0.304. The molecule has 166 valence electrons. The minimum Gasteiger partial charge on any atom is -0.493 e. The van der Waals surface area contributed by atoms with Gasteiger partial charge in [-0.05, 0) is 24.1 Å². The van der Waals surface area contributed by atoms with Gasteiger partial charge in [-0.2, -0.15) is 0 Å². The minimum absolute atomic E-state index is 0.0553. The van der Waals surface area contributed by atoms with Crippen molar-refractivity contribution in [3.8, 4) is 5.75 Å². The summed E-state index contributed by atoms with van der Waals surface area (Å²) in [5, 5.41) is 5.31. The second-order valence-corrected chi connectivity index (χ2v) is 7.78. The molecule has 0 aliphatic carbocycles. The number of urea groups is 1. The number of carbonyl (C=O) groups is 4. The number of carbonyl (C=O) groups excluding carboxylic acids is 4. The van der Waals surface area contributed by atoms with Crippen LogP contribution in [-0.4, -0.2) is 48.2 Å². The Labute approximate surface area is 183 Å². The van der Waals surface area contributed by atoms with Gasteiger partial charge >= 0.3 is 6.03 Å². The number of nitrogens with one attached hydrogen (secondary N) is 2. The number of nitrogens with zero attached hydrogens (tertiary/aromatic N) is 1. The first-order valence-corrected chi connectivity index (χ1v) is 10.2. The molecule has 2 aliphatic rings. The third-order valence-corrected chi connectivity index (χ3v) is 5.70. The predicted molar refractivity (Wildman–Crippen MR) is 112 cm³/mol. The molecule has 0 radical (unpaired) electrons. The van der Waals surface area contributed by atoms with Crippen LogP contribution >= 0.6 is 0 Å². The molecule has 4 rings (SSSR count). The van der Waals surface area contributed by atoms with Crippen LogP contribution in [0.1, 0.15) is 34.8 Å². The highest BCUT2D eigenvalue weighted by molar-refractivity contribution is 6.11. The van der Waals surface area contributed by atoms with Crippen molar-refractivity contribution in [2.45, 2.75) is 25.3 Å². The fourth-order valence-corrected chi connectivity index (χ4v) is 4.05. The Balaban J connectivity index is 1.50. The highest BCUT2D eigenvalue weighted by atomic mass is 19.1. The maximum absolute atomic E-state index is 14.4. The van der Waals surface area contributed by atoms with Gasteiger partial charge in [-0.1, -0.05) is 30.3 Å². The molecule has 32 heavy (non-hydrogen) atoms. The lowest BCUT2D eigenvalue weighted by atomic mass is 9.84. The molecule has 1 atom stereocenters. The third-order valence-electron chi connectivity index (χ3n) is 5.70. The second kappa shape index (κ2) is 8.41. The van der Waals surface area contributed by atoms with Crippen LogP contribution < -0.4 is 15.4 Å². The molecule has 2 heterocycles. The van der Waals surface area contributed by atoms with E-state index in [2.05, 4.69) is 10.6 Å². The molecule has 0 aromatic heterocycles. The van der Waals surface area contributed by atoms with E-state index < -0.39 is 35.6 Å². The lowest BCUT2D eigenvalue weighted by Gasteiger charge is -2.33. The smallest absolute Gasteiger partial charge is 0.325 e. The van der Waals surface area contributed by atoms with Crippen molar-refractivity contribution in [2.75, 3.05) is 19.7 Å². The summed E-state index contributed by atoms with van der Waals surface area (Å²) in [4.78, 5) is 50.4. The summed E-state index contributed by atoms with van der Waals surface area (Å²) in [5.41, 5.74) is -0.317. The average Bonchev–Trinajstić information content (AvgIpc) is 2.99. The molecule has 2 aliphatic heterocycles. The van der Waals surface area contributed by atoms with E-state index in [9.17, 15) is 23.6 Å². The molecule has 2 aromatic carbocycles. The Hall–Kier alpha value is -3.75. The van der Waals surface area contributed by atoms with E-state index >= 15 is 0 Å². The monoisotopic (exact) mass is 439 g/mol. The molecule has 9 heteroatoms. The van der Waals surface area contributed by atoms with Crippen LogP contribution in [0.25, 0.3) is 0 Å². The maximum Gasteiger partial charge on any atom is 0.325 e. The number of imide groups is 1. The van der Waals surface area contributed by atoms with Crippen molar-refractivity contribution in [3.63, 3.8) is 0 Å². The van der Waals surface area contributed by atoms with Crippen molar-refractivity contribution in [1.82, 2.24) is 15.5 Å². The van der Waals surface area contributed by atoms with Gasteiger partial charge in [0, 0.05) is 31.0 Å². The average molecular weight is 439 g/mol. The summed E-state index contributed by atoms with van der Waals surface area (Å²) in [6, 6.07) is 10.3. The van der Waals surface area contributed by atoms with Crippen LogP contribution in [0.4, 0.5) is 9.18 Å². The summed E-state index contributed by atoms with van der Waals surface area (Å²) in [7, 11) is 0. The van der Waals surface area contributed by atoms with Gasteiger partial charge in [-0.25, -0.2) is 9.18 Å². The first-order valence-electron chi connectivity index (χ1n) is 10.2. The number of hydrogen-bond acceptors (Lipinski definition) is 5.